The standard InChI is InChI=1S/C11H14N4O2S2/c1-8-3-2-4-9(7-8)5-6-13-19(16,17)11-15-14-10(12)18-11/h2-4,7,13H,5-6H2,1H3,(H2,12,14). The molecule has 0 unspecified atom stereocenters. The molecule has 0 bridgehead atoms. The molecule has 0 saturated heterocycles. The lowest BCUT2D eigenvalue weighted by molar-refractivity contribution is 0.579. The zero-order valence-corrected chi connectivity index (χ0v) is 12.0. The number of benzene rings is 1. The van der Waals surface area contributed by atoms with Gasteiger partial charge in [-0.2, -0.15) is 0 Å². The summed E-state index contributed by atoms with van der Waals surface area (Å²) < 4.78 is 26.1. The fraction of sp³-hybridized carbons (Fsp3) is 0.273. The van der Waals surface area contributed by atoms with E-state index < -0.39 is 10.0 Å². The van der Waals surface area contributed by atoms with Crippen molar-refractivity contribution in [3.05, 3.63) is 35.4 Å². The molecule has 0 spiro atoms. The summed E-state index contributed by atoms with van der Waals surface area (Å²) in [5.41, 5.74) is 7.60. The number of rotatable bonds is 5. The first kappa shape index (κ1) is 13.9. The van der Waals surface area contributed by atoms with Crippen molar-refractivity contribution < 1.29 is 8.42 Å². The van der Waals surface area contributed by atoms with Crippen LogP contribution in [0.2, 0.25) is 0 Å². The molecular weight excluding hydrogens is 284 g/mol. The van der Waals surface area contributed by atoms with Gasteiger partial charge in [-0.05, 0) is 18.9 Å². The predicted octanol–water partition coefficient (Wildman–Crippen LogP) is 0.950. The van der Waals surface area contributed by atoms with Crippen LogP contribution < -0.4 is 10.5 Å². The molecule has 0 atom stereocenters. The molecule has 1 aromatic heterocycles. The normalized spacial score (nSPS) is 11.6. The van der Waals surface area contributed by atoms with Gasteiger partial charge in [0.25, 0.3) is 10.0 Å². The van der Waals surface area contributed by atoms with Gasteiger partial charge in [-0.1, -0.05) is 41.2 Å². The summed E-state index contributed by atoms with van der Waals surface area (Å²) in [5, 5.41) is 7.15. The number of aryl methyl sites for hydroxylation is 1. The number of hydrogen-bond donors (Lipinski definition) is 2. The van der Waals surface area contributed by atoms with Crippen LogP contribution in [0.25, 0.3) is 0 Å². The van der Waals surface area contributed by atoms with Gasteiger partial charge in [0.2, 0.25) is 9.47 Å². The van der Waals surface area contributed by atoms with E-state index in [-0.39, 0.29) is 9.47 Å². The Bertz CT molecular complexity index is 667. The SMILES string of the molecule is Cc1cccc(CCNS(=O)(=O)c2nnc(N)s2)c1. The van der Waals surface area contributed by atoms with Crippen molar-refractivity contribution in [2.75, 3.05) is 12.3 Å². The van der Waals surface area contributed by atoms with Gasteiger partial charge in [0, 0.05) is 6.54 Å². The third-order valence-electron chi connectivity index (χ3n) is 2.44. The molecule has 0 fully saturated rings. The van der Waals surface area contributed by atoms with E-state index >= 15 is 0 Å². The van der Waals surface area contributed by atoms with Gasteiger partial charge >= 0.3 is 0 Å². The summed E-state index contributed by atoms with van der Waals surface area (Å²) >= 11 is 0.848. The van der Waals surface area contributed by atoms with Gasteiger partial charge < -0.3 is 5.73 Å². The molecule has 8 heteroatoms. The largest absolute Gasteiger partial charge is 0.374 e. The highest BCUT2D eigenvalue weighted by molar-refractivity contribution is 7.91. The first-order chi connectivity index (χ1) is 8.97. The van der Waals surface area contributed by atoms with E-state index in [2.05, 4.69) is 14.9 Å². The van der Waals surface area contributed by atoms with Crippen molar-refractivity contribution >= 4 is 26.5 Å². The topological polar surface area (TPSA) is 98.0 Å². The van der Waals surface area contributed by atoms with E-state index in [9.17, 15) is 8.42 Å². The Morgan fingerprint density at radius 3 is 2.79 bits per heavy atom. The summed E-state index contributed by atoms with van der Waals surface area (Å²) in [7, 11) is -3.60. The minimum absolute atomic E-state index is 0.103. The molecule has 2 rings (SSSR count). The van der Waals surface area contributed by atoms with E-state index in [1.165, 1.54) is 0 Å². The number of nitrogen functional groups attached to an aromatic ring is 1. The lowest BCUT2D eigenvalue weighted by atomic mass is 10.1. The number of nitrogens with zero attached hydrogens (tertiary/aromatic N) is 2. The molecule has 3 N–H and O–H groups in total. The third-order valence-corrected chi connectivity index (χ3v) is 5.02. The summed E-state index contributed by atoms with van der Waals surface area (Å²) in [6, 6.07) is 7.93. The minimum Gasteiger partial charge on any atom is -0.374 e. The highest BCUT2D eigenvalue weighted by Gasteiger charge is 2.18. The fourth-order valence-electron chi connectivity index (χ4n) is 1.59. The Morgan fingerprint density at radius 1 is 1.37 bits per heavy atom. The van der Waals surface area contributed by atoms with Crippen molar-refractivity contribution in [1.82, 2.24) is 14.9 Å². The predicted molar refractivity (Wildman–Crippen MR) is 74.4 cm³/mol. The highest BCUT2D eigenvalue weighted by Crippen LogP contribution is 2.16. The van der Waals surface area contributed by atoms with E-state index in [1.54, 1.807) is 0 Å². The molecule has 0 saturated carbocycles. The Kier molecular flexibility index (Phi) is 4.13. The van der Waals surface area contributed by atoms with Crippen LogP contribution in [0.4, 0.5) is 5.13 Å². The second kappa shape index (κ2) is 5.64. The lowest BCUT2D eigenvalue weighted by Crippen LogP contribution is -2.25. The molecule has 0 aliphatic heterocycles. The first-order valence-electron chi connectivity index (χ1n) is 5.61. The number of nitrogens with one attached hydrogen (secondary N) is 1. The van der Waals surface area contributed by atoms with Crippen molar-refractivity contribution in [3.63, 3.8) is 0 Å². The van der Waals surface area contributed by atoms with Crippen molar-refractivity contribution in [3.8, 4) is 0 Å². The molecule has 0 aliphatic carbocycles. The van der Waals surface area contributed by atoms with Crippen LogP contribution >= 0.6 is 11.3 Å². The zero-order valence-electron chi connectivity index (χ0n) is 10.3. The number of sulfonamides is 1. The molecule has 0 radical (unpaired) electrons. The average Bonchev–Trinajstić information content (AvgIpc) is 2.76. The summed E-state index contributed by atoms with van der Waals surface area (Å²) in [4.78, 5) is 0. The van der Waals surface area contributed by atoms with Crippen LogP contribution in [0.1, 0.15) is 11.1 Å². The molecule has 102 valence electrons. The zero-order chi connectivity index (χ0) is 13.9. The Balaban J connectivity index is 1.96. The number of anilines is 1. The van der Waals surface area contributed by atoms with Crippen LogP contribution in [0.15, 0.2) is 28.6 Å². The quantitative estimate of drug-likeness (QED) is 0.856. The van der Waals surface area contributed by atoms with E-state index in [0.29, 0.717) is 13.0 Å². The molecule has 6 nitrogen and oxygen atoms in total. The molecule has 2 aromatic rings. The molecule has 0 amide bonds. The van der Waals surface area contributed by atoms with Crippen LogP contribution in [-0.4, -0.2) is 25.2 Å². The lowest BCUT2D eigenvalue weighted by Gasteiger charge is -2.04. The van der Waals surface area contributed by atoms with Crippen LogP contribution in [-0.2, 0) is 16.4 Å². The van der Waals surface area contributed by atoms with Crippen LogP contribution in [0, 0.1) is 6.92 Å². The van der Waals surface area contributed by atoms with Gasteiger partial charge in [0.15, 0.2) is 0 Å². The second-order valence-electron chi connectivity index (χ2n) is 4.04. The summed E-state index contributed by atoms with van der Waals surface area (Å²) in [6.45, 7) is 2.31. The van der Waals surface area contributed by atoms with Gasteiger partial charge in [-0.3, -0.25) is 0 Å². The minimum atomic E-state index is -3.60. The van der Waals surface area contributed by atoms with Gasteiger partial charge in [-0.25, -0.2) is 13.1 Å². The van der Waals surface area contributed by atoms with Crippen molar-refractivity contribution in [2.45, 2.75) is 17.7 Å². The van der Waals surface area contributed by atoms with E-state index in [0.717, 1.165) is 22.5 Å². The third kappa shape index (κ3) is 3.72. The van der Waals surface area contributed by atoms with Gasteiger partial charge in [-0.15, -0.1) is 10.2 Å². The summed E-state index contributed by atoms with van der Waals surface area (Å²) in [5.74, 6) is 0. The molecule has 0 aliphatic rings. The van der Waals surface area contributed by atoms with Crippen LogP contribution in [0.3, 0.4) is 0 Å². The maximum Gasteiger partial charge on any atom is 0.269 e. The summed E-state index contributed by atoms with van der Waals surface area (Å²) in [6.07, 6.45) is 0.620. The molecule has 19 heavy (non-hydrogen) atoms. The number of hydrogen-bond acceptors (Lipinski definition) is 6. The fourth-order valence-corrected chi connectivity index (χ4v) is 3.44. The molecule has 1 heterocycles. The van der Waals surface area contributed by atoms with Crippen LogP contribution in [0.5, 0.6) is 0 Å². The Labute approximate surface area is 115 Å². The van der Waals surface area contributed by atoms with Gasteiger partial charge in [0.1, 0.15) is 0 Å². The van der Waals surface area contributed by atoms with E-state index in [4.69, 9.17) is 5.73 Å². The highest BCUT2D eigenvalue weighted by atomic mass is 32.2. The number of nitrogens with two attached hydrogens (primary N) is 1. The Hall–Kier alpha value is -1.51. The van der Waals surface area contributed by atoms with Gasteiger partial charge in [0.05, 0.1) is 0 Å². The smallest absolute Gasteiger partial charge is 0.269 e. The monoisotopic (exact) mass is 298 g/mol. The Morgan fingerprint density at radius 2 is 2.16 bits per heavy atom. The molecular formula is C11H14N4O2S2. The average molecular weight is 298 g/mol. The number of aromatic nitrogens is 2. The van der Waals surface area contributed by atoms with Crippen molar-refractivity contribution in [1.29, 1.82) is 0 Å². The first-order valence-corrected chi connectivity index (χ1v) is 7.91. The second-order valence-corrected chi connectivity index (χ2v) is 6.99. The van der Waals surface area contributed by atoms with Crippen molar-refractivity contribution in [2.24, 2.45) is 0 Å². The molecule has 1 aromatic carbocycles. The maximum absolute atomic E-state index is 11.8. The maximum atomic E-state index is 11.8. The van der Waals surface area contributed by atoms with E-state index in [1.807, 2.05) is 31.2 Å².